The van der Waals surface area contributed by atoms with Gasteiger partial charge in [0.05, 0.1) is 0 Å². The molecule has 0 saturated carbocycles. The third kappa shape index (κ3) is 1.64. The fraction of sp³-hybridized carbons (Fsp3) is 0. The van der Waals surface area contributed by atoms with Crippen LogP contribution in [-0.2, 0) is 0 Å². The number of ketones is 1. The molecule has 0 amide bonds. The number of hydrogen-bond donors (Lipinski definition) is 0. The summed E-state index contributed by atoms with van der Waals surface area (Å²) in [6.07, 6.45) is 0. The van der Waals surface area contributed by atoms with E-state index in [2.05, 4.69) is 63.7 Å². The maximum absolute atomic E-state index is 12.4. The Labute approximate surface area is 137 Å². The highest BCUT2D eigenvalue weighted by atomic mass is 79.9. The van der Waals surface area contributed by atoms with Crippen LogP contribution in [0.25, 0.3) is 11.1 Å². The molecule has 5 heteroatoms. The van der Waals surface area contributed by atoms with Crippen molar-refractivity contribution in [1.82, 2.24) is 0 Å². The smallest absolute Gasteiger partial charge is 0.195 e. The molecule has 3 rings (SSSR count). The minimum absolute atomic E-state index is 0.0568. The van der Waals surface area contributed by atoms with Crippen molar-refractivity contribution in [2.75, 3.05) is 0 Å². The molecule has 0 N–H and O–H groups in total. The van der Waals surface area contributed by atoms with E-state index in [-0.39, 0.29) is 5.78 Å². The first-order chi connectivity index (χ1) is 8.54. The van der Waals surface area contributed by atoms with E-state index < -0.39 is 0 Å². The van der Waals surface area contributed by atoms with Gasteiger partial charge in [0.1, 0.15) is 0 Å². The summed E-state index contributed by atoms with van der Waals surface area (Å²) in [6.45, 7) is 0. The molecular formula is C13H4Br4O. The summed E-state index contributed by atoms with van der Waals surface area (Å²) in [5, 5.41) is 0. The lowest BCUT2D eigenvalue weighted by Crippen LogP contribution is -1.97. The summed E-state index contributed by atoms with van der Waals surface area (Å²) in [5.41, 5.74) is 3.37. The molecule has 1 aliphatic carbocycles. The van der Waals surface area contributed by atoms with E-state index >= 15 is 0 Å². The number of halogens is 4. The maximum atomic E-state index is 12.4. The van der Waals surface area contributed by atoms with E-state index in [4.69, 9.17) is 0 Å². The topological polar surface area (TPSA) is 17.1 Å². The Bertz CT molecular complexity index is 707. The first-order valence-corrected chi connectivity index (χ1v) is 8.21. The molecule has 0 saturated heterocycles. The van der Waals surface area contributed by atoms with Crippen LogP contribution in [0.1, 0.15) is 15.9 Å². The van der Waals surface area contributed by atoms with Crippen LogP contribution >= 0.6 is 63.7 Å². The zero-order valence-electron chi connectivity index (χ0n) is 8.73. The molecule has 18 heavy (non-hydrogen) atoms. The Hall–Kier alpha value is 0.0300. The van der Waals surface area contributed by atoms with E-state index in [0.717, 1.165) is 34.6 Å². The highest BCUT2D eigenvalue weighted by Gasteiger charge is 2.33. The van der Waals surface area contributed by atoms with Gasteiger partial charge < -0.3 is 0 Å². The van der Waals surface area contributed by atoms with Crippen LogP contribution in [0.5, 0.6) is 0 Å². The van der Waals surface area contributed by atoms with Crippen molar-refractivity contribution in [1.29, 1.82) is 0 Å². The normalized spacial score (nSPS) is 12.6. The average molecular weight is 496 g/mol. The monoisotopic (exact) mass is 492 g/mol. The Morgan fingerprint density at radius 3 is 1.78 bits per heavy atom. The minimum Gasteiger partial charge on any atom is -0.289 e. The lowest BCUT2D eigenvalue weighted by molar-refractivity contribution is 0.104. The van der Waals surface area contributed by atoms with E-state index in [1.54, 1.807) is 0 Å². The van der Waals surface area contributed by atoms with Crippen LogP contribution in [-0.4, -0.2) is 5.78 Å². The van der Waals surface area contributed by atoms with Gasteiger partial charge in [-0.05, 0) is 69.3 Å². The molecule has 0 atom stereocenters. The van der Waals surface area contributed by atoms with E-state index in [1.165, 1.54) is 0 Å². The van der Waals surface area contributed by atoms with Crippen LogP contribution in [0, 0.1) is 0 Å². The second-order valence-corrected chi connectivity index (χ2v) is 7.05. The lowest BCUT2D eigenvalue weighted by atomic mass is 10.1. The van der Waals surface area contributed by atoms with Gasteiger partial charge in [-0.1, -0.05) is 24.3 Å². The van der Waals surface area contributed by atoms with Crippen LogP contribution in [0.4, 0.5) is 0 Å². The standard InChI is InChI=1S/C13H4Br4O/c14-9-7-5-3-1-2-4-6(5)13(18)8(7)10(15)12(17)11(9)16/h1-4H. The second-order valence-electron chi connectivity index (χ2n) is 3.88. The average Bonchev–Trinajstić information content (AvgIpc) is 2.68. The van der Waals surface area contributed by atoms with Gasteiger partial charge in [-0.3, -0.25) is 4.79 Å². The van der Waals surface area contributed by atoms with Crippen molar-refractivity contribution in [3.8, 4) is 11.1 Å². The highest BCUT2D eigenvalue weighted by molar-refractivity contribution is 9.15. The van der Waals surface area contributed by atoms with E-state index in [0.29, 0.717) is 5.56 Å². The van der Waals surface area contributed by atoms with Gasteiger partial charge in [0, 0.05) is 34.6 Å². The zero-order chi connectivity index (χ0) is 13.0. The third-order valence-corrected chi connectivity index (χ3v) is 7.70. The van der Waals surface area contributed by atoms with Crippen LogP contribution < -0.4 is 0 Å². The number of rotatable bonds is 0. The Balaban J connectivity index is 2.51. The molecule has 0 unspecified atom stereocenters. The summed E-state index contributed by atoms with van der Waals surface area (Å²) >= 11 is 14.1. The fourth-order valence-corrected chi connectivity index (χ4v) is 4.64. The lowest BCUT2D eigenvalue weighted by Gasteiger charge is -2.10. The van der Waals surface area contributed by atoms with Crippen molar-refractivity contribution in [3.63, 3.8) is 0 Å². The Morgan fingerprint density at radius 2 is 1.17 bits per heavy atom. The van der Waals surface area contributed by atoms with Crippen molar-refractivity contribution in [2.24, 2.45) is 0 Å². The van der Waals surface area contributed by atoms with Crippen molar-refractivity contribution in [3.05, 3.63) is 53.3 Å². The maximum Gasteiger partial charge on any atom is 0.195 e. The molecule has 0 fully saturated rings. The van der Waals surface area contributed by atoms with Crippen LogP contribution in [0.2, 0.25) is 0 Å². The Morgan fingerprint density at radius 1 is 0.667 bits per heavy atom. The quantitative estimate of drug-likeness (QED) is 0.278. The van der Waals surface area contributed by atoms with E-state index in [1.807, 2.05) is 24.3 Å². The molecular weight excluding hydrogens is 492 g/mol. The number of carbonyl (C=O) groups excluding carboxylic acids is 1. The Kier molecular flexibility index (Phi) is 3.29. The summed E-state index contributed by atoms with van der Waals surface area (Å²) in [6, 6.07) is 7.65. The molecule has 0 aromatic heterocycles. The molecule has 0 radical (unpaired) electrons. The largest absolute Gasteiger partial charge is 0.289 e. The number of benzene rings is 2. The summed E-state index contributed by atoms with van der Waals surface area (Å²) in [7, 11) is 0. The molecule has 1 aliphatic rings. The predicted molar refractivity (Wildman–Crippen MR) is 86.1 cm³/mol. The summed E-state index contributed by atoms with van der Waals surface area (Å²) in [4.78, 5) is 12.4. The van der Waals surface area contributed by atoms with Gasteiger partial charge in [0.2, 0.25) is 0 Å². The highest BCUT2D eigenvalue weighted by Crippen LogP contribution is 2.50. The van der Waals surface area contributed by atoms with Gasteiger partial charge in [0.15, 0.2) is 5.78 Å². The van der Waals surface area contributed by atoms with Gasteiger partial charge in [-0.15, -0.1) is 0 Å². The summed E-state index contributed by atoms with van der Waals surface area (Å²) < 4.78 is 3.42. The second kappa shape index (κ2) is 4.54. The fourth-order valence-electron chi connectivity index (χ4n) is 2.13. The van der Waals surface area contributed by atoms with Gasteiger partial charge in [-0.2, -0.15) is 0 Å². The minimum atomic E-state index is 0.0568. The molecule has 0 bridgehead atoms. The SMILES string of the molecule is O=C1c2ccccc2-c2c(Br)c(Br)c(Br)c(Br)c21. The van der Waals surface area contributed by atoms with Crippen LogP contribution in [0.3, 0.4) is 0 Å². The zero-order valence-corrected chi connectivity index (χ0v) is 15.1. The molecule has 0 heterocycles. The molecule has 2 aromatic rings. The van der Waals surface area contributed by atoms with Gasteiger partial charge >= 0.3 is 0 Å². The third-order valence-electron chi connectivity index (χ3n) is 2.94. The van der Waals surface area contributed by atoms with Crippen molar-refractivity contribution >= 4 is 69.5 Å². The van der Waals surface area contributed by atoms with Gasteiger partial charge in [0.25, 0.3) is 0 Å². The number of hydrogen-bond acceptors (Lipinski definition) is 1. The first-order valence-electron chi connectivity index (χ1n) is 5.04. The van der Waals surface area contributed by atoms with Crippen molar-refractivity contribution in [2.45, 2.75) is 0 Å². The van der Waals surface area contributed by atoms with Crippen LogP contribution in [0.15, 0.2) is 42.2 Å². The van der Waals surface area contributed by atoms with Gasteiger partial charge in [-0.25, -0.2) is 0 Å². The molecule has 90 valence electrons. The molecule has 2 aromatic carbocycles. The number of fused-ring (bicyclic) bond motifs is 3. The molecule has 0 aliphatic heterocycles. The first kappa shape index (κ1) is 13.0. The predicted octanol–water partition coefficient (Wildman–Crippen LogP) is 5.95. The summed E-state index contributed by atoms with van der Waals surface area (Å²) in [5.74, 6) is 0.0568. The molecule has 0 spiro atoms. The van der Waals surface area contributed by atoms with Crippen molar-refractivity contribution < 1.29 is 4.79 Å². The van der Waals surface area contributed by atoms with E-state index in [9.17, 15) is 4.79 Å². The molecule has 1 nitrogen and oxygen atoms in total. The number of carbonyl (C=O) groups is 1.